The summed E-state index contributed by atoms with van der Waals surface area (Å²) in [5, 5.41) is 7.27. The molecule has 0 unspecified atom stereocenters. The van der Waals surface area contributed by atoms with Crippen molar-refractivity contribution < 1.29 is 13.9 Å². The lowest BCUT2D eigenvalue weighted by Gasteiger charge is -2.08. The van der Waals surface area contributed by atoms with Gasteiger partial charge in [0.25, 0.3) is 5.91 Å². The van der Waals surface area contributed by atoms with Crippen molar-refractivity contribution in [3.8, 4) is 5.75 Å². The molecule has 0 aliphatic heterocycles. The van der Waals surface area contributed by atoms with Gasteiger partial charge in [0.1, 0.15) is 23.1 Å². The minimum absolute atomic E-state index is 0.0980. The highest BCUT2D eigenvalue weighted by Gasteiger charge is 2.21. The fourth-order valence-electron chi connectivity index (χ4n) is 2.83. The minimum atomic E-state index is -0.365. The highest BCUT2D eigenvalue weighted by atomic mass is 32.1. The molecule has 0 saturated carbocycles. The van der Waals surface area contributed by atoms with Crippen LogP contribution < -0.4 is 10.1 Å². The molecule has 0 bridgehead atoms. The predicted molar refractivity (Wildman–Crippen MR) is 104 cm³/mol. The van der Waals surface area contributed by atoms with Gasteiger partial charge in [-0.1, -0.05) is 24.3 Å². The van der Waals surface area contributed by atoms with E-state index in [1.54, 1.807) is 36.3 Å². The number of ether oxygens (including phenoxy) is 1. The zero-order valence-corrected chi connectivity index (χ0v) is 15.3. The lowest BCUT2D eigenvalue weighted by atomic mass is 10.1. The van der Waals surface area contributed by atoms with Crippen LogP contribution in [-0.2, 0) is 13.7 Å². The fourth-order valence-corrected chi connectivity index (χ4v) is 3.95. The van der Waals surface area contributed by atoms with Crippen LogP contribution in [0, 0.1) is 5.82 Å². The minimum Gasteiger partial charge on any atom is -0.489 e. The highest BCUT2D eigenvalue weighted by Crippen LogP contribution is 2.34. The van der Waals surface area contributed by atoms with Gasteiger partial charge in [-0.2, -0.15) is 5.10 Å². The molecular weight excluding hydrogens is 365 g/mol. The maximum Gasteiger partial charge on any atom is 0.266 e. The van der Waals surface area contributed by atoms with Gasteiger partial charge in [0.05, 0.1) is 11.9 Å². The Labute approximate surface area is 159 Å². The van der Waals surface area contributed by atoms with Crippen molar-refractivity contribution in [1.82, 2.24) is 9.78 Å². The van der Waals surface area contributed by atoms with Gasteiger partial charge in [-0.3, -0.25) is 9.48 Å². The third-order valence-corrected chi connectivity index (χ3v) is 5.25. The number of carbonyl (C=O) groups is 1. The zero-order chi connectivity index (χ0) is 18.8. The van der Waals surface area contributed by atoms with Crippen molar-refractivity contribution in [3.05, 3.63) is 77.2 Å². The molecule has 2 heterocycles. The molecule has 0 radical (unpaired) electrons. The third-order valence-electron chi connectivity index (χ3n) is 4.06. The second-order valence-corrected chi connectivity index (χ2v) is 7.03. The van der Waals surface area contributed by atoms with Crippen LogP contribution in [0.25, 0.3) is 10.1 Å². The summed E-state index contributed by atoms with van der Waals surface area (Å²) in [6, 6.07) is 14.1. The zero-order valence-electron chi connectivity index (χ0n) is 14.5. The summed E-state index contributed by atoms with van der Waals surface area (Å²) in [4.78, 5) is 13.2. The second kappa shape index (κ2) is 7.20. The molecule has 2 aromatic carbocycles. The number of hydrogen-bond donors (Lipinski definition) is 1. The van der Waals surface area contributed by atoms with Crippen LogP contribution >= 0.6 is 11.3 Å². The summed E-state index contributed by atoms with van der Waals surface area (Å²) in [7, 11) is 1.77. The molecular formula is C20H16FN3O2S. The van der Waals surface area contributed by atoms with Crippen molar-refractivity contribution in [2.75, 3.05) is 5.32 Å². The molecule has 27 heavy (non-hydrogen) atoms. The molecule has 1 N–H and O–H groups in total. The SMILES string of the molecule is Cn1cc(NC(=O)c2sc3cccc(F)c3c2COc2ccccc2)cn1. The number of benzene rings is 2. The average molecular weight is 381 g/mol. The largest absolute Gasteiger partial charge is 0.489 e. The Balaban J connectivity index is 1.70. The van der Waals surface area contributed by atoms with E-state index in [4.69, 9.17) is 4.74 Å². The van der Waals surface area contributed by atoms with Gasteiger partial charge >= 0.3 is 0 Å². The third kappa shape index (κ3) is 3.54. The molecule has 1 amide bonds. The van der Waals surface area contributed by atoms with E-state index in [2.05, 4.69) is 10.4 Å². The Hall–Kier alpha value is -3.19. The molecule has 4 rings (SSSR count). The van der Waals surface area contributed by atoms with Crippen molar-refractivity contribution in [2.45, 2.75) is 6.61 Å². The number of aryl methyl sites for hydroxylation is 1. The number of amides is 1. The number of para-hydroxylation sites is 1. The lowest BCUT2D eigenvalue weighted by molar-refractivity contribution is 0.102. The van der Waals surface area contributed by atoms with Crippen LogP contribution in [0.5, 0.6) is 5.75 Å². The maximum absolute atomic E-state index is 14.5. The summed E-state index contributed by atoms with van der Waals surface area (Å²) in [5.41, 5.74) is 1.12. The molecule has 0 aliphatic carbocycles. The van der Waals surface area contributed by atoms with Crippen molar-refractivity contribution in [1.29, 1.82) is 0 Å². The second-order valence-electron chi connectivity index (χ2n) is 5.98. The average Bonchev–Trinajstić information content (AvgIpc) is 3.25. The maximum atomic E-state index is 14.5. The Morgan fingerprint density at radius 1 is 1.22 bits per heavy atom. The van der Waals surface area contributed by atoms with Crippen LogP contribution in [0.4, 0.5) is 10.1 Å². The quantitative estimate of drug-likeness (QED) is 0.549. The van der Waals surface area contributed by atoms with E-state index < -0.39 is 0 Å². The number of halogens is 1. The number of thiophene rings is 1. The van der Waals surface area contributed by atoms with E-state index >= 15 is 0 Å². The molecule has 0 aliphatic rings. The fraction of sp³-hybridized carbons (Fsp3) is 0.100. The van der Waals surface area contributed by atoms with Gasteiger partial charge in [0.15, 0.2) is 0 Å². The molecule has 7 heteroatoms. The molecule has 0 atom stereocenters. The number of anilines is 1. The summed E-state index contributed by atoms with van der Waals surface area (Å²) in [6.07, 6.45) is 3.26. The van der Waals surface area contributed by atoms with Gasteiger partial charge in [-0.05, 0) is 24.3 Å². The number of aromatic nitrogens is 2. The first-order valence-corrected chi connectivity index (χ1v) is 9.11. The molecule has 5 nitrogen and oxygen atoms in total. The van der Waals surface area contributed by atoms with Gasteiger partial charge in [-0.25, -0.2) is 4.39 Å². The molecule has 0 fully saturated rings. The summed E-state index contributed by atoms with van der Waals surface area (Å²) in [6.45, 7) is 0.0980. The van der Waals surface area contributed by atoms with Crippen molar-refractivity contribution >= 4 is 33.0 Å². The Morgan fingerprint density at radius 2 is 2.04 bits per heavy atom. The smallest absolute Gasteiger partial charge is 0.266 e. The van der Waals surface area contributed by atoms with E-state index in [-0.39, 0.29) is 18.3 Å². The van der Waals surface area contributed by atoms with Crippen LogP contribution in [0.15, 0.2) is 60.9 Å². The molecule has 4 aromatic rings. The molecule has 0 saturated heterocycles. The monoisotopic (exact) mass is 381 g/mol. The highest BCUT2D eigenvalue weighted by molar-refractivity contribution is 7.21. The first kappa shape index (κ1) is 17.2. The number of carbonyl (C=O) groups excluding carboxylic acids is 1. The number of rotatable bonds is 5. The molecule has 136 valence electrons. The normalized spacial score (nSPS) is 10.9. The van der Waals surface area contributed by atoms with E-state index in [9.17, 15) is 9.18 Å². The first-order chi connectivity index (χ1) is 13.1. The summed E-state index contributed by atoms with van der Waals surface area (Å²) >= 11 is 1.25. The standard InChI is InChI=1S/C20H16FN3O2S/c1-24-11-13(10-22-24)23-20(25)19-15(12-26-14-6-3-2-4-7-14)18-16(21)8-5-9-17(18)27-19/h2-11H,12H2,1H3,(H,23,25). The number of nitrogens with zero attached hydrogens (tertiary/aromatic N) is 2. The Bertz CT molecular complexity index is 1110. The lowest BCUT2D eigenvalue weighted by Crippen LogP contribution is -2.13. The number of nitrogens with one attached hydrogen (secondary N) is 1. The number of fused-ring (bicyclic) bond motifs is 1. The van der Waals surface area contributed by atoms with Crippen molar-refractivity contribution in [3.63, 3.8) is 0 Å². The van der Waals surface area contributed by atoms with Gasteiger partial charge in [0.2, 0.25) is 0 Å². The first-order valence-electron chi connectivity index (χ1n) is 8.29. The van der Waals surface area contributed by atoms with Gasteiger partial charge in [0, 0.05) is 28.9 Å². The van der Waals surface area contributed by atoms with E-state index in [1.807, 2.05) is 30.3 Å². The van der Waals surface area contributed by atoms with Crippen LogP contribution in [0.3, 0.4) is 0 Å². The van der Waals surface area contributed by atoms with Crippen LogP contribution in [0.1, 0.15) is 15.2 Å². The van der Waals surface area contributed by atoms with Crippen molar-refractivity contribution in [2.24, 2.45) is 7.05 Å². The van der Waals surface area contributed by atoms with Crippen LogP contribution in [-0.4, -0.2) is 15.7 Å². The van der Waals surface area contributed by atoms with E-state index in [1.165, 1.54) is 17.4 Å². The number of hydrogen-bond acceptors (Lipinski definition) is 4. The van der Waals surface area contributed by atoms with E-state index in [0.717, 1.165) is 0 Å². The Morgan fingerprint density at radius 3 is 2.78 bits per heavy atom. The molecule has 2 aromatic heterocycles. The summed E-state index contributed by atoms with van der Waals surface area (Å²) in [5.74, 6) is -0.0158. The van der Waals surface area contributed by atoms with Gasteiger partial charge < -0.3 is 10.1 Å². The summed E-state index contributed by atoms with van der Waals surface area (Å²) < 4.78 is 22.6. The topological polar surface area (TPSA) is 56.2 Å². The van der Waals surface area contributed by atoms with Crippen LogP contribution in [0.2, 0.25) is 0 Å². The Kier molecular flexibility index (Phi) is 4.60. The predicted octanol–water partition coefficient (Wildman–Crippen LogP) is 4.61. The molecule has 0 spiro atoms. The van der Waals surface area contributed by atoms with Gasteiger partial charge in [-0.15, -0.1) is 11.3 Å². The van der Waals surface area contributed by atoms with E-state index in [0.29, 0.717) is 32.0 Å².